The first-order chi connectivity index (χ1) is 6.54. The van der Waals surface area contributed by atoms with Crippen LogP contribution in [0.1, 0.15) is 27.7 Å². The highest BCUT2D eigenvalue weighted by Gasteiger charge is 2.30. The third kappa shape index (κ3) is 2.52. The van der Waals surface area contributed by atoms with Crippen molar-refractivity contribution in [3.8, 4) is 0 Å². The van der Waals surface area contributed by atoms with Crippen molar-refractivity contribution in [1.29, 1.82) is 0 Å². The van der Waals surface area contributed by atoms with Crippen LogP contribution in [-0.2, 0) is 14.4 Å². The lowest BCUT2D eigenvalue weighted by molar-refractivity contribution is -0.143. The van der Waals surface area contributed by atoms with E-state index >= 15 is 0 Å². The largest absolute Gasteiger partial charge is 0.298 e. The second kappa shape index (κ2) is 5.32. The average molecular weight is 197 g/mol. The fourth-order valence-corrected chi connectivity index (χ4v) is 0.975. The number of carbonyl (C=O) groups is 3. The Morgan fingerprint density at radius 2 is 1.57 bits per heavy atom. The molecule has 0 bridgehead atoms. The van der Waals surface area contributed by atoms with E-state index in [2.05, 4.69) is 0 Å². The topological polar surface area (TPSA) is 54.5 Å². The van der Waals surface area contributed by atoms with Crippen molar-refractivity contribution in [2.45, 2.75) is 33.7 Å². The van der Waals surface area contributed by atoms with Gasteiger partial charge in [0.2, 0.25) is 0 Å². The number of hydrogen-bond acceptors (Lipinski definition) is 3. The zero-order chi connectivity index (χ0) is 11.3. The van der Waals surface area contributed by atoms with Crippen molar-refractivity contribution in [3.05, 3.63) is 12.2 Å². The molecular formula is C10H15NO3. The minimum Gasteiger partial charge on any atom is -0.298 e. The fourth-order valence-electron chi connectivity index (χ4n) is 0.975. The summed E-state index contributed by atoms with van der Waals surface area (Å²) in [6, 6.07) is -0.653. The van der Waals surface area contributed by atoms with Crippen LogP contribution < -0.4 is 0 Å². The Morgan fingerprint density at radius 3 is 1.86 bits per heavy atom. The Labute approximate surface area is 83.6 Å². The molecule has 1 atom stereocenters. The summed E-state index contributed by atoms with van der Waals surface area (Å²) in [5.74, 6) is -1.02. The molecule has 1 rings (SSSR count). The monoisotopic (exact) mass is 197 g/mol. The van der Waals surface area contributed by atoms with E-state index in [1.807, 2.05) is 13.8 Å². The zero-order valence-corrected chi connectivity index (χ0v) is 8.90. The van der Waals surface area contributed by atoms with Gasteiger partial charge in [-0.05, 0) is 13.8 Å². The number of hydrogen-bond donors (Lipinski definition) is 0. The van der Waals surface area contributed by atoms with Gasteiger partial charge in [0.25, 0.3) is 11.8 Å². The normalized spacial score (nSPS) is 16.4. The number of rotatable bonds is 2. The highest BCUT2D eigenvalue weighted by Crippen LogP contribution is 2.08. The quantitative estimate of drug-likeness (QED) is 0.618. The van der Waals surface area contributed by atoms with Gasteiger partial charge in [0, 0.05) is 12.2 Å². The number of nitrogens with zero attached hydrogens (tertiary/aromatic N) is 1. The maximum absolute atomic E-state index is 11.0. The number of ketones is 1. The van der Waals surface area contributed by atoms with Gasteiger partial charge >= 0.3 is 0 Å². The van der Waals surface area contributed by atoms with Gasteiger partial charge in [-0.15, -0.1) is 0 Å². The maximum Gasteiger partial charge on any atom is 0.254 e. The minimum absolute atomic E-state index is 0.194. The molecule has 0 spiro atoms. The molecule has 0 aromatic rings. The van der Waals surface area contributed by atoms with E-state index in [-0.39, 0.29) is 5.78 Å². The van der Waals surface area contributed by atoms with Crippen molar-refractivity contribution < 1.29 is 14.4 Å². The first-order valence-electron chi connectivity index (χ1n) is 4.59. The molecule has 0 fully saturated rings. The number of Topliss-reactive ketones (excluding diaryl/α,β-unsaturated/α-hetero) is 1. The molecule has 14 heavy (non-hydrogen) atoms. The summed E-state index contributed by atoms with van der Waals surface area (Å²) in [6.45, 7) is 6.88. The molecule has 4 nitrogen and oxygen atoms in total. The summed E-state index contributed by atoms with van der Waals surface area (Å²) >= 11 is 0. The number of amides is 2. The summed E-state index contributed by atoms with van der Waals surface area (Å²) in [6.07, 6.45) is 2.34. The second-order valence-corrected chi connectivity index (χ2v) is 2.67. The van der Waals surface area contributed by atoms with Gasteiger partial charge < -0.3 is 0 Å². The van der Waals surface area contributed by atoms with E-state index in [1.165, 1.54) is 26.0 Å². The van der Waals surface area contributed by atoms with E-state index < -0.39 is 17.9 Å². The van der Waals surface area contributed by atoms with Gasteiger partial charge in [0.15, 0.2) is 5.78 Å². The average Bonchev–Trinajstić information content (AvgIpc) is 2.48. The Balaban J connectivity index is 0.000000791. The third-order valence-electron chi connectivity index (χ3n) is 1.82. The molecule has 0 saturated carbocycles. The molecule has 0 unspecified atom stereocenters. The maximum atomic E-state index is 11.0. The molecule has 0 aromatic heterocycles. The van der Waals surface area contributed by atoms with E-state index in [0.29, 0.717) is 0 Å². The first kappa shape index (κ1) is 12.6. The van der Waals surface area contributed by atoms with Gasteiger partial charge in [-0.25, -0.2) is 0 Å². The molecule has 4 heteroatoms. The van der Waals surface area contributed by atoms with Crippen LogP contribution >= 0.6 is 0 Å². The van der Waals surface area contributed by atoms with Gasteiger partial charge in [-0.1, -0.05) is 13.8 Å². The first-order valence-corrected chi connectivity index (χ1v) is 4.59. The molecule has 1 aliphatic rings. The third-order valence-corrected chi connectivity index (χ3v) is 1.82. The number of imide groups is 1. The van der Waals surface area contributed by atoms with Crippen molar-refractivity contribution in [2.24, 2.45) is 0 Å². The van der Waals surface area contributed by atoms with Crippen LogP contribution in [0.2, 0.25) is 0 Å². The highest BCUT2D eigenvalue weighted by molar-refractivity contribution is 6.15. The zero-order valence-electron chi connectivity index (χ0n) is 8.90. The SMILES string of the molecule is CC.CC(=O)[C@H](C)N1C(=O)C=CC1=O. The Morgan fingerprint density at radius 1 is 1.21 bits per heavy atom. The Bertz CT molecular complexity index is 263. The number of carbonyl (C=O) groups excluding carboxylic acids is 3. The lowest BCUT2D eigenvalue weighted by Crippen LogP contribution is -2.42. The standard InChI is InChI=1S/C8H9NO3.C2H6/c1-5(6(2)10)9-7(11)3-4-8(9)12;1-2/h3-5H,1-2H3;1-2H3/t5-;/m0./s1. The van der Waals surface area contributed by atoms with Crippen molar-refractivity contribution in [2.75, 3.05) is 0 Å². The van der Waals surface area contributed by atoms with Gasteiger partial charge in [-0.3, -0.25) is 19.3 Å². The van der Waals surface area contributed by atoms with E-state index in [9.17, 15) is 14.4 Å². The van der Waals surface area contributed by atoms with Crippen molar-refractivity contribution in [3.63, 3.8) is 0 Å². The highest BCUT2D eigenvalue weighted by atomic mass is 16.2. The summed E-state index contributed by atoms with van der Waals surface area (Å²) in [4.78, 5) is 33.8. The molecule has 0 aliphatic carbocycles. The van der Waals surface area contributed by atoms with Crippen LogP contribution in [0, 0.1) is 0 Å². The smallest absolute Gasteiger partial charge is 0.254 e. The minimum atomic E-state index is -0.653. The van der Waals surface area contributed by atoms with Crippen molar-refractivity contribution >= 4 is 17.6 Å². The Hall–Kier alpha value is -1.45. The molecule has 0 aromatic carbocycles. The van der Waals surface area contributed by atoms with Gasteiger partial charge in [0.1, 0.15) is 0 Å². The van der Waals surface area contributed by atoms with Crippen LogP contribution in [0.4, 0.5) is 0 Å². The van der Waals surface area contributed by atoms with Crippen LogP contribution in [0.3, 0.4) is 0 Å². The van der Waals surface area contributed by atoms with Crippen LogP contribution in [0.15, 0.2) is 12.2 Å². The van der Waals surface area contributed by atoms with Crippen LogP contribution in [0.25, 0.3) is 0 Å². The van der Waals surface area contributed by atoms with Crippen LogP contribution in [-0.4, -0.2) is 28.5 Å². The lowest BCUT2D eigenvalue weighted by atomic mass is 10.2. The molecular weight excluding hydrogens is 182 g/mol. The van der Waals surface area contributed by atoms with E-state index in [4.69, 9.17) is 0 Å². The summed E-state index contributed by atoms with van der Waals surface area (Å²) in [7, 11) is 0. The lowest BCUT2D eigenvalue weighted by Gasteiger charge is -2.19. The molecule has 78 valence electrons. The van der Waals surface area contributed by atoms with Gasteiger partial charge in [-0.2, -0.15) is 0 Å². The second-order valence-electron chi connectivity index (χ2n) is 2.67. The molecule has 0 N–H and O–H groups in total. The van der Waals surface area contributed by atoms with E-state index in [1.54, 1.807) is 0 Å². The molecule has 0 saturated heterocycles. The molecule has 1 aliphatic heterocycles. The molecule has 0 radical (unpaired) electrons. The predicted molar refractivity (Wildman–Crippen MR) is 52.5 cm³/mol. The summed E-state index contributed by atoms with van der Waals surface area (Å²) in [5, 5.41) is 0. The van der Waals surface area contributed by atoms with Crippen LogP contribution in [0.5, 0.6) is 0 Å². The van der Waals surface area contributed by atoms with Crippen molar-refractivity contribution in [1.82, 2.24) is 4.90 Å². The molecule has 2 amide bonds. The Kier molecular flexibility index (Phi) is 4.77. The predicted octanol–water partition coefficient (Wildman–Crippen LogP) is 0.915. The fraction of sp³-hybridized carbons (Fsp3) is 0.500. The van der Waals surface area contributed by atoms with E-state index in [0.717, 1.165) is 4.90 Å². The van der Waals surface area contributed by atoms with Gasteiger partial charge in [0.05, 0.1) is 6.04 Å². The summed E-state index contributed by atoms with van der Waals surface area (Å²) in [5.41, 5.74) is 0. The summed E-state index contributed by atoms with van der Waals surface area (Å²) < 4.78 is 0. The molecule has 1 heterocycles.